The summed E-state index contributed by atoms with van der Waals surface area (Å²) in [4.78, 5) is 10.5. The molecule has 1 heterocycles. The number of aromatic nitrogens is 2. The highest BCUT2D eigenvalue weighted by molar-refractivity contribution is 5.45. The quantitative estimate of drug-likeness (QED) is 0.679. The van der Waals surface area contributed by atoms with E-state index in [1.165, 1.54) is 6.07 Å². The van der Waals surface area contributed by atoms with Gasteiger partial charge in [0, 0.05) is 29.4 Å². The van der Waals surface area contributed by atoms with Gasteiger partial charge in [0.1, 0.15) is 0 Å². The highest BCUT2D eigenvalue weighted by Gasteiger charge is 2.33. The number of non-ortho nitro benzene ring substituents is 1. The molecule has 0 bridgehead atoms. The summed E-state index contributed by atoms with van der Waals surface area (Å²) in [5, 5.41) is 15.3. The van der Waals surface area contributed by atoms with Crippen molar-refractivity contribution in [1.82, 2.24) is 9.78 Å². The maximum atomic E-state index is 10.9. The monoisotopic (exact) mass is 286 g/mol. The summed E-state index contributed by atoms with van der Waals surface area (Å²) in [5.74, 6) is 0. The van der Waals surface area contributed by atoms with E-state index in [-0.39, 0.29) is 17.1 Å². The van der Waals surface area contributed by atoms with Gasteiger partial charge in [-0.15, -0.1) is 0 Å². The molecule has 0 saturated heterocycles. The molecule has 21 heavy (non-hydrogen) atoms. The zero-order valence-electron chi connectivity index (χ0n) is 12.1. The fraction of sp³-hybridized carbons (Fsp3) is 0.400. The molecule has 0 fully saturated rings. The first-order chi connectivity index (χ1) is 9.87. The molecular weight excluding hydrogens is 268 g/mol. The normalized spacial score (nSPS) is 20.0. The van der Waals surface area contributed by atoms with Crippen LogP contribution in [0, 0.1) is 15.5 Å². The summed E-state index contributed by atoms with van der Waals surface area (Å²) in [7, 11) is 0. The van der Waals surface area contributed by atoms with Crippen molar-refractivity contribution >= 4 is 5.69 Å². The number of hydrogen-bond acceptors (Lipinski definition) is 4. The summed E-state index contributed by atoms with van der Waals surface area (Å²) < 4.78 is 1.78. The van der Waals surface area contributed by atoms with Crippen LogP contribution in [-0.4, -0.2) is 14.7 Å². The third-order valence-electron chi connectivity index (χ3n) is 4.00. The summed E-state index contributed by atoms with van der Waals surface area (Å²) in [5.41, 5.74) is 9.20. The molecule has 1 aliphatic rings. The molecule has 1 aromatic carbocycles. The molecule has 110 valence electrons. The van der Waals surface area contributed by atoms with Gasteiger partial charge in [0.15, 0.2) is 0 Å². The highest BCUT2D eigenvalue weighted by Crippen LogP contribution is 2.40. The standard InChI is InChI=1S/C15H18N4O2/c1-15(2)7-13(16)12-9-17-18(14(12)8-15)10-4-3-5-11(6-10)19(20)21/h3-6,9,13H,7-8,16H2,1-2H3. The lowest BCUT2D eigenvalue weighted by Crippen LogP contribution is -2.30. The van der Waals surface area contributed by atoms with Gasteiger partial charge in [-0.2, -0.15) is 5.10 Å². The summed E-state index contributed by atoms with van der Waals surface area (Å²) in [6, 6.07) is 6.49. The van der Waals surface area contributed by atoms with Gasteiger partial charge in [-0.3, -0.25) is 10.1 Å². The van der Waals surface area contributed by atoms with Gasteiger partial charge in [-0.05, 0) is 24.3 Å². The number of nitrogens with two attached hydrogens (primary N) is 1. The van der Waals surface area contributed by atoms with E-state index in [2.05, 4.69) is 18.9 Å². The van der Waals surface area contributed by atoms with Crippen LogP contribution in [0.15, 0.2) is 30.5 Å². The van der Waals surface area contributed by atoms with Crippen molar-refractivity contribution in [1.29, 1.82) is 0 Å². The first-order valence-electron chi connectivity index (χ1n) is 6.95. The molecule has 0 spiro atoms. The van der Waals surface area contributed by atoms with Gasteiger partial charge in [-0.1, -0.05) is 19.9 Å². The lowest BCUT2D eigenvalue weighted by molar-refractivity contribution is -0.384. The summed E-state index contributed by atoms with van der Waals surface area (Å²) in [6.45, 7) is 4.36. The van der Waals surface area contributed by atoms with E-state index in [0.29, 0.717) is 5.69 Å². The van der Waals surface area contributed by atoms with Crippen LogP contribution in [0.1, 0.15) is 37.6 Å². The van der Waals surface area contributed by atoms with Crippen molar-refractivity contribution in [3.05, 3.63) is 51.8 Å². The Morgan fingerprint density at radius 3 is 2.95 bits per heavy atom. The molecule has 3 rings (SSSR count). The predicted molar refractivity (Wildman–Crippen MR) is 79.2 cm³/mol. The Bertz CT molecular complexity index is 705. The number of nitro benzene ring substituents is 1. The topological polar surface area (TPSA) is 87.0 Å². The van der Waals surface area contributed by atoms with Gasteiger partial charge in [0.05, 0.1) is 16.8 Å². The van der Waals surface area contributed by atoms with E-state index >= 15 is 0 Å². The van der Waals surface area contributed by atoms with Crippen molar-refractivity contribution in [2.45, 2.75) is 32.7 Å². The van der Waals surface area contributed by atoms with E-state index < -0.39 is 4.92 Å². The molecule has 6 heteroatoms. The maximum Gasteiger partial charge on any atom is 0.271 e. The largest absolute Gasteiger partial charge is 0.324 e. The van der Waals surface area contributed by atoms with Gasteiger partial charge in [-0.25, -0.2) is 4.68 Å². The zero-order valence-corrected chi connectivity index (χ0v) is 12.1. The molecular formula is C15H18N4O2. The van der Waals surface area contributed by atoms with E-state index in [1.807, 2.05) is 6.07 Å². The predicted octanol–water partition coefficient (Wildman–Crippen LogP) is 2.75. The van der Waals surface area contributed by atoms with Gasteiger partial charge < -0.3 is 5.73 Å². The maximum absolute atomic E-state index is 10.9. The minimum absolute atomic E-state index is 0.0313. The van der Waals surface area contributed by atoms with Crippen LogP contribution in [0.2, 0.25) is 0 Å². The summed E-state index contributed by atoms with van der Waals surface area (Å²) in [6.07, 6.45) is 3.56. The third-order valence-corrected chi connectivity index (χ3v) is 4.00. The molecule has 1 aromatic heterocycles. The van der Waals surface area contributed by atoms with E-state index in [4.69, 9.17) is 5.73 Å². The van der Waals surface area contributed by atoms with Crippen molar-refractivity contribution < 1.29 is 4.92 Å². The van der Waals surface area contributed by atoms with Crippen LogP contribution in [0.3, 0.4) is 0 Å². The van der Waals surface area contributed by atoms with Crippen LogP contribution >= 0.6 is 0 Å². The molecule has 1 aliphatic carbocycles. The first-order valence-corrected chi connectivity index (χ1v) is 6.95. The smallest absolute Gasteiger partial charge is 0.271 e. The molecule has 1 atom stereocenters. The van der Waals surface area contributed by atoms with Gasteiger partial charge in [0.2, 0.25) is 0 Å². The summed E-state index contributed by atoms with van der Waals surface area (Å²) >= 11 is 0. The molecule has 0 amide bonds. The van der Waals surface area contributed by atoms with E-state index in [1.54, 1.807) is 23.0 Å². The number of nitro groups is 1. The molecule has 1 unspecified atom stereocenters. The third kappa shape index (κ3) is 2.42. The Balaban J connectivity index is 2.09. The van der Waals surface area contributed by atoms with Crippen molar-refractivity contribution in [2.75, 3.05) is 0 Å². The van der Waals surface area contributed by atoms with Crippen LogP contribution in [0.5, 0.6) is 0 Å². The van der Waals surface area contributed by atoms with E-state index in [0.717, 1.165) is 24.1 Å². The average Bonchev–Trinajstić information content (AvgIpc) is 2.81. The SMILES string of the molecule is CC1(C)Cc2c(cnn2-c2cccc([N+](=O)[O-])c2)C(N)C1. The van der Waals surface area contributed by atoms with E-state index in [9.17, 15) is 10.1 Å². The Labute approximate surface area is 122 Å². The minimum atomic E-state index is -0.394. The second kappa shape index (κ2) is 4.66. The second-order valence-corrected chi connectivity index (χ2v) is 6.39. The van der Waals surface area contributed by atoms with Crippen LogP contribution in [0.4, 0.5) is 5.69 Å². The van der Waals surface area contributed by atoms with Gasteiger partial charge in [0.25, 0.3) is 5.69 Å². The fourth-order valence-electron chi connectivity index (χ4n) is 3.06. The number of benzene rings is 1. The van der Waals surface area contributed by atoms with Crippen LogP contribution < -0.4 is 5.73 Å². The molecule has 0 saturated carbocycles. The molecule has 0 radical (unpaired) electrons. The molecule has 6 nitrogen and oxygen atoms in total. The Kier molecular flexibility index (Phi) is 3.06. The van der Waals surface area contributed by atoms with Crippen molar-refractivity contribution in [3.63, 3.8) is 0 Å². The second-order valence-electron chi connectivity index (χ2n) is 6.39. The molecule has 2 N–H and O–H groups in total. The minimum Gasteiger partial charge on any atom is -0.324 e. The Morgan fingerprint density at radius 2 is 2.24 bits per heavy atom. The highest BCUT2D eigenvalue weighted by atomic mass is 16.6. The lowest BCUT2D eigenvalue weighted by Gasteiger charge is -2.33. The van der Waals surface area contributed by atoms with Gasteiger partial charge >= 0.3 is 0 Å². The number of fused-ring (bicyclic) bond motifs is 1. The number of rotatable bonds is 2. The van der Waals surface area contributed by atoms with Crippen molar-refractivity contribution in [2.24, 2.45) is 11.1 Å². The lowest BCUT2D eigenvalue weighted by atomic mass is 9.74. The molecule has 0 aliphatic heterocycles. The zero-order chi connectivity index (χ0) is 15.2. The fourth-order valence-corrected chi connectivity index (χ4v) is 3.06. The van der Waals surface area contributed by atoms with Crippen LogP contribution in [0.25, 0.3) is 5.69 Å². The molecule has 2 aromatic rings. The average molecular weight is 286 g/mol. The van der Waals surface area contributed by atoms with Crippen molar-refractivity contribution in [3.8, 4) is 5.69 Å². The Hall–Kier alpha value is -2.21. The number of hydrogen-bond donors (Lipinski definition) is 1. The first kappa shape index (κ1) is 13.8. The Morgan fingerprint density at radius 1 is 1.48 bits per heavy atom. The van der Waals surface area contributed by atoms with Crippen LogP contribution in [-0.2, 0) is 6.42 Å². The number of nitrogens with zero attached hydrogens (tertiary/aromatic N) is 3.